The van der Waals surface area contributed by atoms with Crippen LogP contribution in [0.5, 0.6) is 0 Å². The van der Waals surface area contributed by atoms with Gasteiger partial charge < -0.3 is 19.9 Å². The van der Waals surface area contributed by atoms with Gasteiger partial charge in [-0.15, -0.1) is 0 Å². The molecule has 0 radical (unpaired) electrons. The lowest BCUT2D eigenvalue weighted by molar-refractivity contribution is -0.117. The number of amides is 1. The number of anilines is 2. The molecule has 0 aliphatic heterocycles. The lowest BCUT2D eigenvalue weighted by atomic mass is 10.1. The highest BCUT2D eigenvalue weighted by Crippen LogP contribution is 2.29. The SMILES string of the molecule is Cc1ccc(-c2ccccc2NC(=O)Cn2nc(-c3ccco3)cc(N)c2=O)o1. The highest BCUT2D eigenvalue weighted by atomic mass is 16.3. The Hall–Kier alpha value is -4.07. The van der Waals surface area contributed by atoms with Crippen molar-refractivity contribution in [2.24, 2.45) is 0 Å². The molecule has 0 fully saturated rings. The Labute approximate surface area is 165 Å². The third kappa shape index (κ3) is 3.81. The molecule has 0 unspecified atom stereocenters. The molecule has 4 aromatic rings. The number of hydrogen-bond donors (Lipinski definition) is 2. The Morgan fingerprint density at radius 2 is 1.97 bits per heavy atom. The zero-order valence-electron chi connectivity index (χ0n) is 15.6. The van der Waals surface area contributed by atoms with Gasteiger partial charge in [0.2, 0.25) is 5.91 Å². The molecule has 3 aromatic heterocycles. The molecular weight excluding hydrogens is 372 g/mol. The summed E-state index contributed by atoms with van der Waals surface area (Å²) < 4.78 is 12.0. The van der Waals surface area contributed by atoms with E-state index in [9.17, 15) is 9.59 Å². The Morgan fingerprint density at radius 1 is 1.14 bits per heavy atom. The second-order valence-corrected chi connectivity index (χ2v) is 6.43. The third-order valence-corrected chi connectivity index (χ3v) is 4.28. The molecule has 0 atom stereocenters. The van der Waals surface area contributed by atoms with E-state index in [0.717, 1.165) is 16.0 Å². The quantitative estimate of drug-likeness (QED) is 0.540. The van der Waals surface area contributed by atoms with E-state index in [1.165, 1.54) is 12.3 Å². The standard InChI is InChI=1S/C21H18N4O4/c1-13-8-9-18(29-13)14-5-2-3-6-16(14)23-20(26)12-25-21(27)15(22)11-17(24-25)19-7-4-10-28-19/h2-11H,12,22H2,1H3,(H,23,26). The molecule has 29 heavy (non-hydrogen) atoms. The molecule has 0 saturated carbocycles. The van der Waals surface area contributed by atoms with Crippen molar-refractivity contribution in [3.63, 3.8) is 0 Å². The number of nitrogen functional groups attached to an aromatic ring is 1. The van der Waals surface area contributed by atoms with Gasteiger partial charge in [-0.25, -0.2) is 4.68 Å². The van der Waals surface area contributed by atoms with Crippen molar-refractivity contribution in [3.8, 4) is 22.8 Å². The molecule has 0 aliphatic carbocycles. The Bertz CT molecular complexity index is 1220. The zero-order valence-corrected chi connectivity index (χ0v) is 15.6. The first kappa shape index (κ1) is 18.3. The van der Waals surface area contributed by atoms with Gasteiger partial charge in [0.15, 0.2) is 5.76 Å². The van der Waals surface area contributed by atoms with Gasteiger partial charge in [-0.1, -0.05) is 12.1 Å². The lowest BCUT2D eigenvalue weighted by Crippen LogP contribution is -2.31. The summed E-state index contributed by atoms with van der Waals surface area (Å²) in [6, 6.07) is 15.7. The summed E-state index contributed by atoms with van der Waals surface area (Å²) in [5.74, 6) is 1.43. The summed E-state index contributed by atoms with van der Waals surface area (Å²) in [6.07, 6.45) is 1.49. The molecule has 0 bridgehead atoms. The average molecular weight is 390 g/mol. The fourth-order valence-electron chi connectivity index (χ4n) is 2.93. The number of carbonyl (C=O) groups is 1. The summed E-state index contributed by atoms with van der Waals surface area (Å²) in [4.78, 5) is 24.9. The number of para-hydroxylation sites is 1. The molecule has 3 heterocycles. The molecule has 3 N–H and O–H groups in total. The predicted molar refractivity (Wildman–Crippen MR) is 108 cm³/mol. The molecule has 0 aliphatic rings. The second kappa shape index (κ2) is 7.51. The van der Waals surface area contributed by atoms with E-state index in [1.54, 1.807) is 24.3 Å². The highest BCUT2D eigenvalue weighted by Gasteiger charge is 2.15. The second-order valence-electron chi connectivity index (χ2n) is 6.43. The van der Waals surface area contributed by atoms with E-state index in [1.807, 2.05) is 31.2 Å². The van der Waals surface area contributed by atoms with Crippen LogP contribution in [0.25, 0.3) is 22.8 Å². The summed E-state index contributed by atoms with van der Waals surface area (Å²) >= 11 is 0. The Morgan fingerprint density at radius 3 is 2.69 bits per heavy atom. The van der Waals surface area contributed by atoms with Gasteiger partial charge in [-0.2, -0.15) is 5.10 Å². The van der Waals surface area contributed by atoms with Crippen LogP contribution in [0.15, 0.2) is 74.5 Å². The van der Waals surface area contributed by atoms with Crippen molar-refractivity contribution in [3.05, 3.63) is 77.0 Å². The largest absolute Gasteiger partial charge is 0.463 e. The van der Waals surface area contributed by atoms with Gasteiger partial charge in [0, 0.05) is 5.56 Å². The number of furan rings is 2. The number of aryl methyl sites for hydroxylation is 1. The fraction of sp³-hybridized carbons (Fsp3) is 0.0952. The van der Waals surface area contributed by atoms with Crippen molar-refractivity contribution >= 4 is 17.3 Å². The molecule has 1 amide bonds. The van der Waals surface area contributed by atoms with Gasteiger partial charge >= 0.3 is 0 Å². The first-order valence-electron chi connectivity index (χ1n) is 8.88. The fourth-order valence-corrected chi connectivity index (χ4v) is 2.93. The minimum atomic E-state index is -0.551. The van der Waals surface area contributed by atoms with Crippen LogP contribution < -0.4 is 16.6 Å². The van der Waals surface area contributed by atoms with Crippen LogP contribution in [0.4, 0.5) is 11.4 Å². The van der Waals surface area contributed by atoms with Crippen molar-refractivity contribution in [1.82, 2.24) is 9.78 Å². The number of hydrogen-bond acceptors (Lipinski definition) is 6. The lowest BCUT2D eigenvalue weighted by Gasteiger charge is -2.11. The van der Waals surface area contributed by atoms with Gasteiger partial charge in [-0.3, -0.25) is 9.59 Å². The van der Waals surface area contributed by atoms with E-state index in [0.29, 0.717) is 22.9 Å². The number of rotatable bonds is 5. The van der Waals surface area contributed by atoms with E-state index in [2.05, 4.69) is 10.4 Å². The molecule has 4 rings (SSSR count). The van der Waals surface area contributed by atoms with Gasteiger partial charge in [-0.05, 0) is 49.4 Å². The van der Waals surface area contributed by atoms with Crippen LogP contribution in [0.1, 0.15) is 5.76 Å². The van der Waals surface area contributed by atoms with Crippen LogP contribution in [-0.4, -0.2) is 15.7 Å². The van der Waals surface area contributed by atoms with E-state index < -0.39 is 11.5 Å². The van der Waals surface area contributed by atoms with Crippen LogP contribution >= 0.6 is 0 Å². The highest BCUT2D eigenvalue weighted by molar-refractivity contribution is 5.94. The predicted octanol–water partition coefficient (Wildman–Crippen LogP) is 3.29. The maximum Gasteiger partial charge on any atom is 0.290 e. The van der Waals surface area contributed by atoms with Crippen molar-refractivity contribution in [2.75, 3.05) is 11.1 Å². The average Bonchev–Trinajstić information content (AvgIpc) is 3.37. The molecule has 8 heteroatoms. The van der Waals surface area contributed by atoms with Crippen LogP contribution in [0, 0.1) is 6.92 Å². The Kier molecular flexibility index (Phi) is 4.74. The van der Waals surface area contributed by atoms with Gasteiger partial charge in [0.25, 0.3) is 5.56 Å². The Balaban J connectivity index is 1.60. The molecule has 0 saturated heterocycles. The molecule has 1 aromatic carbocycles. The minimum Gasteiger partial charge on any atom is -0.463 e. The normalized spacial score (nSPS) is 10.8. The third-order valence-electron chi connectivity index (χ3n) is 4.28. The summed E-state index contributed by atoms with van der Waals surface area (Å²) in [5, 5.41) is 7.00. The number of nitrogens with two attached hydrogens (primary N) is 1. The molecular formula is C21H18N4O4. The maximum atomic E-state index is 12.6. The van der Waals surface area contributed by atoms with Crippen molar-refractivity contribution < 1.29 is 13.6 Å². The number of nitrogens with zero attached hydrogens (tertiary/aromatic N) is 2. The number of nitrogens with one attached hydrogen (secondary N) is 1. The number of benzene rings is 1. The van der Waals surface area contributed by atoms with Gasteiger partial charge in [0.05, 0.1) is 12.0 Å². The molecule has 146 valence electrons. The summed E-state index contributed by atoms with van der Waals surface area (Å²) in [7, 11) is 0. The summed E-state index contributed by atoms with van der Waals surface area (Å²) in [5.41, 5.74) is 6.89. The summed E-state index contributed by atoms with van der Waals surface area (Å²) in [6.45, 7) is 1.54. The van der Waals surface area contributed by atoms with Crippen molar-refractivity contribution in [2.45, 2.75) is 13.5 Å². The first-order valence-corrected chi connectivity index (χ1v) is 8.88. The minimum absolute atomic E-state index is 0.0225. The van der Waals surface area contributed by atoms with Gasteiger partial charge in [0.1, 0.15) is 29.4 Å². The van der Waals surface area contributed by atoms with E-state index >= 15 is 0 Å². The van der Waals surface area contributed by atoms with Crippen molar-refractivity contribution in [1.29, 1.82) is 0 Å². The topological polar surface area (TPSA) is 116 Å². The van der Waals surface area contributed by atoms with E-state index in [4.69, 9.17) is 14.6 Å². The zero-order chi connectivity index (χ0) is 20.4. The monoisotopic (exact) mass is 390 g/mol. The first-order chi connectivity index (χ1) is 14.0. The number of carbonyl (C=O) groups excluding carboxylic acids is 1. The maximum absolute atomic E-state index is 12.6. The smallest absolute Gasteiger partial charge is 0.290 e. The van der Waals surface area contributed by atoms with Crippen LogP contribution in [0.2, 0.25) is 0 Å². The van der Waals surface area contributed by atoms with Crippen LogP contribution in [-0.2, 0) is 11.3 Å². The number of aromatic nitrogens is 2. The molecule has 0 spiro atoms. The van der Waals surface area contributed by atoms with Crippen LogP contribution in [0.3, 0.4) is 0 Å². The van der Waals surface area contributed by atoms with E-state index in [-0.39, 0.29) is 12.2 Å². The molecule has 8 nitrogen and oxygen atoms in total.